The molecule has 1 unspecified atom stereocenters. The van der Waals surface area contributed by atoms with Crippen molar-refractivity contribution in [3.05, 3.63) is 90.2 Å². The number of hydrogen-bond acceptors (Lipinski definition) is 4. The number of amides is 1. The van der Waals surface area contributed by atoms with Crippen molar-refractivity contribution in [3.8, 4) is 16.9 Å². The van der Waals surface area contributed by atoms with E-state index in [-0.39, 0.29) is 5.56 Å². The first-order chi connectivity index (χ1) is 13.5. The molecule has 0 aliphatic rings. The molecule has 0 fully saturated rings. The number of benzene rings is 3. The van der Waals surface area contributed by atoms with E-state index in [1.807, 2.05) is 42.5 Å². The highest BCUT2D eigenvalue weighted by Gasteiger charge is 2.23. The van der Waals surface area contributed by atoms with Crippen LogP contribution in [0.2, 0.25) is 0 Å². The van der Waals surface area contributed by atoms with E-state index < -0.39 is 30.4 Å². The lowest BCUT2D eigenvalue weighted by Gasteiger charge is -2.15. The molecule has 0 heterocycles. The third-order valence-corrected chi connectivity index (χ3v) is 4.00. The Kier molecular flexibility index (Phi) is 6.01. The summed E-state index contributed by atoms with van der Waals surface area (Å²) in [6.45, 7) is -0.393. The summed E-state index contributed by atoms with van der Waals surface area (Å²) in [6, 6.07) is 22.0. The van der Waals surface area contributed by atoms with Crippen molar-refractivity contribution < 1.29 is 23.5 Å². The van der Waals surface area contributed by atoms with Crippen molar-refractivity contribution in [2.75, 3.05) is 6.61 Å². The van der Waals surface area contributed by atoms with Gasteiger partial charge in [0.15, 0.2) is 6.61 Å². The van der Waals surface area contributed by atoms with E-state index in [1.54, 1.807) is 12.1 Å². The molecule has 0 aromatic heterocycles. The van der Waals surface area contributed by atoms with Gasteiger partial charge in [-0.1, -0.05) is 54.6 Å². The van der Waals surface area contributed by atoms with Crippen molar-refractivity contribution in [3.63, 3.8) is 0 Å². The van der Waals surface area contributed by atoms with Crippen LogP contribution in [0.25, 0.3) is 11.1 Å². The van der Waals surface area contributed by atoms with Gasteiger partial charge in [-0.2, -0.15) is 0 Å². The molecule has 2 N–H and O–H groups in total. The number of esters is 1. The Morgan fingerprint density at radius 1 is 0.857 bits per heavy atom. The van der Waals surface area contributed by atoms with Gasteiger partial charge >= 0.3 is 5.97 Å². The Hall–Kier alpha value is -3.67. The molecule has 3 aromatic rings. The van der Waals surface area contributed by atoms with Crippen LogP contribution in [0.4, 0.5) is 4.39 Å². The largest absolute Gasteiger partial charge is 0.482 e. The summed E-state index contributed by atoms with van der Waals surface area (Å²) >= 11 is 0. The summed E-state index contributed by atoms with van der Waals surface area (Å²) in [4.78, 5) is 23.6. The fourth-order valence-electron chi connectivity index (χ4n) is 2.61. The maximum absolute atomic E-state index is 13.0. The minimum Gasteiger partial charge on any atom is -0.482 e. The Morgan fingerprint density at radius 2 is 1.46 bits per heavy atom. The smallest absolute Gasteiger partial charge is 0.345 e. The van der Waals surface area contributed by atoms with Gasteiger partial charge in [0.1, 0.15) is 11.6 Å². The lowest BCUT2D eigenvalue weighted by Crippen LogP contribution is -2.28. The Balaban J connectivity index is 1.58. The summed E-state index contributed by atoms with van der Waals surface area (Å²) in [6.07, 6.45) is -1.31. The summed E-state index contributed by atoms with van der Waals surface area (Å²) in [5, 5.41) is 0. The highest BCUT2D eigenvalue weighted by molar-refractivity contribution is 5.84. The number of carbonyl (C=O) groups is 2. The first-order valence-corrected chi connectivity index (χ1v) is 8.55. The third kappa shape index (κ3) is 4.94. The topological polar surface area (TPSA) is 78.6 Å². The first-order valence-electron chi connectivity index (χ1n) is 8.55. The molecule has 3 rings (SSSR count). The van der Waals surface area contributed by atoms with Gasteiger partial charge < -0.3 is 15.2 Å². The molecule has 1 amide bonds. The summed E-state index contributed by atoms with van der Waals surface area (Å²) in [5.74, 6) is -1.61. The van der Waals surface area contributed by atoms with E-state index in [4.69, 9.17) is 15.2 Å². The second-order valence-corrected chi connectivity index (χ2v) is 6.00. The number of halogens is 1. The Morgan fingerprint density at radius 3 is 2.07 bits per heavy atom. The SMILES string of the molecule is NC(=O)C(OC(=O)COc1ccc(-c2ccccc2)cc1)c1ccc(F)cc1. The van der Waals surface area contributed by atoms with Crippen molar-refractivity contribution >= 4 is 11.9 Å². The van der Waals surface area contributed by atoms with Gasteiger partial charge in [-0.3, -0.25) is 4.79 Å². The maximum atomic E-state index is 13.0. The van der Waals surface area contributed by atoms with Crippen molar-refractivity contribution in [1.29, 1.82) is 0 Å². The first kappa shape index (κ1) is 19.1. The van der Waals surface area contributed by atoms with E-state index >= 15 is 0 Å². The monoisotopic (exact) mass is 379 g/mol. The van der Waals surface area contributed by atoms with E-state index in [9.17, 15) is 14.0 Å². The van der Waals surface area contributed by atoms with Gasteiger partial charge in [-0.25, -0.2) is 9.18 Å². The molecule has 1 atom stereocenters. The number of hydrogen-bond donors (Lipinski definition) is 1. The number of ether oxygens (including phenoxy) is 2. The number of carbonyl (C=O) groups excluding carboxylic acids is 2. The molecule has 0 radical (unpaired) electrons. The van der Waals surface area contributed by atoms with Crippen LogP contribution in [0.5, 0.6) is 5.75 Å². The van der Waals surface area contributed by atoms with Crippen LogP contribution < -0.4 is 10.5 Å². The minimum atomic E-state index is -1.31. The van der Waals surface area contributed by atoms with Gasteiger partial charge in [-0.15, -0.1) is 0 Å². The van der Waals surface area contributed by atoms with Crippen molar-refractivity contribution in [1.82, 2.24) is 0 Å². The van der Waals surface area contributed by atoms with Gasteiger partial charge in [0.2, 0.25) is 6.10 Å². The van der Waals surface area contributed by atoms with E-state index in [0.717, 1.165) is 23.3 Å². The number of primary amides is 1. The zero-order valence-electron chi connectivity index (χ0n) is 14.9. The molecule has 0 saturated carbocycles. The van der Waals surface area contributed by atoms with Gasteiger partial charge in [0.25, 0.3) is 5.91 Å². The lowest BCUT2D eigenvalue weighted by atomic mass is 10.1. The number of nitrogens with two attached hydrogens (primary N) is 1. The molecule has 5 nitrogen and oxygen atoms in total. The van der Waals surface area contributed by atoms with E-state index in [0.29, 0.717) is 5.75 Å². The van der Waals surface area contributed by atoms with E-state index in [2.05, 4.69) is 0 Å². The predicted octanol–water partition coefficient (Wildman–Crippen LogP) is 3.64. The van der Waals surface area contributed by atoms with Gasteiger partial charge in [0.05, 0.1) is 0 Å². The highest BCUT2D eigenvalue weighted by Crippen LogP contribution is 2.22. The molecule has 0 saturated heterocycles. The van der Waals surface area contributed by atoms with Gasteiger partial charge in [-0.05, 0) is 35.4 Å². The fraction of sp³-hybridized carbons (Fsp3) is 0.0909. The summed E-state index contributed by atoms with van der Waals surface area (Å²) in [7, 11) is 0. The van der Waals surface area contributed by atoms with Crippen LogP contribution in [0.15, 0.2) is 78.9 Å². The van der Waals surface area contributed by atoms with Crippen LogP contribution in [-0.4, -0.2) is 18.5 Å². The second kappa shape index (κ2) is 8.81. The molecular weight excluding hydrogens is 361 g/mol. The van der Waals surface area contributed by atoms with Crippen LogP contribution in [0, 0.1) is 5.82 Å². The van der Waals surface area contributed by atoms with Crippen LogP contribution in [-0.2, 0) is 14.3 Å². The lowest BCUT2D eigenvalue weighted by molar-refractivity contribution is -0.157. The van der Waals surface area contributed by atoms with Gasteiger partial charge in [0, 0.05) is 5.56 Å². The number of rotatable bonds is 7. The predicted molar refractivity (Wildman–Crippen MR) is 102 cm³/mol. The summed E-state index contributed by atoms with van der Waals surface area (Å²) < 4.78 is 23.5. The van der Waals surface area contributed by atoms with E-state index in [1.165, 1.54) is 12.1 Å². The molecule has 0 aliphatic carbocycles. The fourth-order valence-corrected chi connectivity index (χ4v) is 2.61. The average molecular weight is 379 g/mol. The Labute approximate surface area is 161 Å². The molecular formula is C22H18FNO4. The minimum absolute atomic E-state index is 0.287. The molecule has 3 aromatic carbocycles. The average Bonchev–Trinajstić information content (AvgIpc) is 2.72. The molecule has 0 bridgehead atoms. The van der Waals surface area contributed by atoms with Crippen LogP contribution in [0.3, 0.4) is 0 Å². The van der Waals surface area contributed by atoms with Crippen LogP contribution in [0.1, 0.15) is 11.7 Å². The highest BCUT2D eigenvalue weighted by atomic mass is 19.1. The molecule has 28 heavy (non-hydrogen) atoms. The maximum Gasteiger partial charge on any atom is 0.345 e. The van der Waals surface area contributed by atoms with Crippen molar-refractivity contribution in [2.24, 2.45) is 5.73 Å². The molecule has 0 spiro atoms. The third-order valence-electron chi connectivity index (χ3n) is 4.00. The zero-order valence-corrected chi connectivity index (χ0v) is 14.9. The molecule has 6 heteroatoms. The quantitative estimate of drug-likeness (QED) is 0.636. The summed E-state index contributed by atoms with van der Waals surface area (Å²) in [5.41, 5.74) is 7.65. The molecule has 0 aliphatic heterocycles. The Bertz CT molecular complexity index is 941. The van der Waals surface area contributed by atoms with Crippen molar-refractivity contribution in [2.45, 2.75) is 6.10 Å². The van der Waals surface area contributed by atoms with Crippen LogP contribution >= 0.6 is 0 Å². The normalized spacial score (nSPS) is 11.5. The second-order valence-electron chi connectivity index (χ2n) is 6.00. The zero-order chi connectivity index (χ0) is 19.9. The standard InChI is InChI=1S/C22H18FNO4/c23-18-10-6-17(7-11-18)21(22(24)26)28-20(25)14-27-19-12-8-16(9-13-19)15-4-2-1-3-5-15/h1-13,21H,14H2,(H2,24,26). The molecule has 142 valence electrons.